The van der Waals surface area contributed by atoms with Crippen LogP contribution in [0.5, 0.6) is 11.5 Å². The van der Waals surface area contributed by atoms with Gasteiger partial charge in [-0.05, 0) is 36.2 Å². The number of carbonyl (C=O) groups is 1. The van der Waals surface area contributed by atoms with Gasteiger partial charge < -0.3 is 15.2 Å². The van der Waals surface area contributed by atoms with Gasteiger partial charge in [-0.25, -0.2) is 0 Å². The fourth-order valence-electron chi connectivity index (χ4n) is 2.28. The summed E-state index contributed by atoms with van der Waals surface area (Å²) in [6, 6.07) is 9.86. The fourth-order valence-corrected chi connectivity index (χ4v) is 2.28. The number of alkyl halides is 3. The summed E-state index contributed by atoms with van der Waals surface area (Å²) in [6.07, 6.45) is -4.80. The normalized spacial score (nSPS) is 12.5. The summed E-state index contributed by atoms with van der Waals surface area (Å²) in [5.74, 6) is -0.737. The molecular formula is C17H16F3NO3. The molecule has 0 aromatic heterocycles. The molecule has 7 heteroatoms. The average Bonchev–Trinajstić information content (AvgIpc) is 2.47. The minimum Gasteiger partial charge on any atom is -0.507 e. The molecule has 0 saturated carbocycles. The van der Waals surface area contributed by atoms with E-state index in [2.05, 4.69) is 10.1 Å². The lowest BCUT2D eigenvalue weighted by molar-refractivity contribution is -0.274. The van der Waals surface area contributed by atoms with Gasteiger partial charge in [-0.15, -0.1) is 13.2 Å². The van der Waals surface area contributed by atoms with Crippen molar-refractivity contribution in [3.63, 3.8) is 0 Å². The van der Waals surface area contributed by atoms with Gasteiger partial charge >= 0.3 is 6.36 Å². The molecule has 1 atom stereocenters. The predicted molar refractivity (Wildman–Crippen MR) is 82.5 cm³/mol. The zero-order chi connectivity index (χ0) is 17.9. The lowest BCUT2D eigenvalue weighted by Gasteiger charge is -2.14. The van der Waals surface area contributed by atoms with Crippen molar-refractivity contribution in [2.75, 3.05) is 0 Å². The molecule has 1 unspecified atom stereocenters. The van der Waals surface area contributed by atoms with Gasteiger partial charge in [0.1, 0.15) is 11.5 Å². The van der Waals surface area contributed by atoms with E-state index in [1.807, 2.05) is 6.92 Å². The van der Waals surface area contributed by atoms with Crippen LogP contribution in [0.25, 0.3) is 11.1 Å². The summed E-state index contributed by atoms with van der Waals surface area (Å²) in [4.78, 5) is 11.1. The van der Waals surface area contributed by atoms with Gasteiger partial charge in [0, 0.05) is 12.5 Å². The van der Waals surface area contributed by atoms with Gasteiger partial charge in [0.15, 0.2) is 0 Å². The quantitative estimate of drug-likeness (QED) is 0.879. The molecule has 0 aliphatic rings. The second-order valence-corrected chi connectivity index (χ2v) is 5.27. The predicted octanol–water partition coefficient (Wildman–Crippen LogP) is 4.15. The standard InChI is InChI=1S/C17H16F3NO3/c1-10(21-11(2)22)12-3-5-13(6-4-12)15-9-14(7-8-16(15)23)24-17(18,19)20/h3-10,23H,1-2H3,(H,21,22). The fraction of sp³-hybridized carbons (Fsp3) is 0.235. The van der Waals surface area contributed by atoms with Gasteiger partial charge in [0.25, 0.3) is 0 Å². The van der Waals surface area contributed by atoms with E-state index in [-0.39, 0.29) is 23.3 Å². The maximum Gasteiger partial charge on any atom is 0.573 e. The highest BCUT2D eigenvalue weighted by atomic mass is 19.4. The lowest BCUT2D eigenvalue weighted by atomic mass is 10.0. The van der Waals surface area contributed by atoms with Gasteiger partial charge in [-0.2, -0.15) is 0 Å². The Kier molecular flexibility index (Phi) is 5.02. The van der Waals surface area contributed by atoms with Gasteiger partial charge in [-0.3, -0.25) is 4.79 Å². The van der Waals surface area contributed by atoms with Crippen LogP contribution >= 0.6 is 0 Å². The molecule has 0 aliphatic heterocycles. The van der Waals surface area contributed by atoms with E-state index in [1.165, 1.54) is 6.92 Å². The average molecular weight is 339 g/mol. The summed E-state index contributed by atoms with van der Waals surface area (Å²) in [5, 5.41) is 12.6. The first-order valence-electron chi connectivity index (χ1n) is 7.12. The van der Waals surface area contributed by atoms with E-state index in [9.17, 15) is 23.1 Å². The molecule has 0 radical (unpaired) electrons. The number of rotatable bonds is 4. The highest BCUT2D eigenvalue weighted by Gasteiger charge is 2.31. The Hall–Kier alpha value is -2.70. The van der Waals surface area contributed by atoms with E-state index in [0.29, 0.717) is 5.56 Å². The molecule has 0 bridgehead atoms. The largest absolute Gasteiger partial charge is 0.573 e. The third-order valence-corrected chi connectivity index (χ3v) is 3.34. The smallest absolute Gasteiger partial charge is 0.507 e. The number of phenolic OH excluding ortho intramolecular Hbond substituents is 1. The maximum atomic E-state index is 12.3. The number of ether oxygens (including phenoxy) is 1. The van der Waals surface area contributed by atoms with Crippen LogP contribution in [0.15, 0.2) is 42.5 Å². The van der Waals surface area contributed by atoms with Crippen LogP contribution in [0, 0.1) is 0 Å². The zero-order valence-corrected chi connectivity index (χ0v) is 13.0. The van der Waals surface area contributed by atoms with Crippen molar-refractivity contribution < 1.29 is 27.8 Å². The molecule has 2 N–H and O–H groups in total. The van der Waals surface area contributed by atoms with Crippen LogP contribution in [-0.2, 0) is 4.79 Å². The first kappa shape index (κ1) is 17.7. The van der Waals surface area contributed by atoms with Crippen molar-refractivity contribution >= 4 is 5.91 Å². The van der Waals surface area contributed by atoms with Crippen LogP contribution in [0.4, 0.5) is 13.2 Å². The number of hydrogen-bond acceptors (Lipinski definition) is 3. The Morgan fingerprint density at radius 2 is 1.79 bits per heavy atom. The Bertz CT molecular complexity index is 727. The number of benzene rings is 2. The van der Waals surface area contributed by atoms with E-state index in [0.717, 1.165) is 23.8 Å². The highest BCUT2D eigenvalue weighted by molar-refractivity contribution is 5.74. The van der Waals surface area contributed by atoms with E-state index >= 15 is 0 Å². The maximum absolute atomic E-state index is 12.3. The summed E-state index contributed by atoms with van der Waals surface area (Å²) in [7, 11) is 0. The first-order chi connectivity index (χ1) is 11.2. The molecule has 1 amide bonds. The number of aromatic hydroxyl groups is 1. The highest BCUT2D eigenvalue weighted by Crippen LogP contribution is 2.35. The van der Waals surface area contributed by atoms with Crippen LogP contribution in [0.1, 0.15) is 25.5 Å². The third-order valence-electron chi connectivity index (χ3n) is 3.34. The van der Waals surface area contributed by atoms with Crippen molar-refractivity contribution in [1.82, 2.24) is 5.32 Å². The number of halogens is 3. The van der Waals surface area contributed by atoms with Crippen LogP contribution in [0.2, 0.25) is 0 Å². The number of nitrogens with one attached hydrogen (secondary N) is 1. The summed E-state index contributed by atoms with van der Waals surface area (Å²) < 4.78 is 40.8. The number of amides is 1. The van der Waals surface area contributed by atoms with E-state index in [4.69, 9.17) is 0 Å². The molecule has 24 heavy (non-hydrogen) atoms. The number of phenols is 1. The molecule has 2 aromatic rings. The van der Waals surface area contributed by atoms with Gasteiger partial charge in [0.2, 0.25) is 5.91 Å². The molecule has 4 nitrogen and oxygen atoms in total. The molecule has 0 spiro atoms. The van der Waals surface area contributed by atoms with Gasteiger partial charge in [0.05, 0.1) is 6.04 Å². The molecule has 0 saturated heterocycles. The minimum absolute atomic E-state index is 0.160. The SMILES string of the molecule is CC(=O)NC(C)c1ccc(-c2cc(OC(F)(F)F)ccc2O)cc1. The minimum atomic E-state index is -4.80. The van der Waals surface area contributed by atoms with Crippen molar-refractivity contribution in [2.45, 2.75) is 26.3 Å². The van der Waals surface area contributed by atoms with Crippen molar-refractivity contribution in [3.05, 3.63) is 48.0 Å². The summed E-state index contributed by atoms with van der Waals surface area (Å²) in [6.45, 7) is 3.22. The summed E-state index contributed by atoms with van der Waals surface area (Å²) in [5.41, 5.74) is 1.57. The molecule has 2 rings (SSSR count). The Balaban J connectivity index is 2.28. The molecule has 0 fully saturated rings. The Labute approximate surface area is 136 Å². The molecule has 0 heterocycles. The first-order valence-corrected chi connectivity index (χ1v) is 7.12. The van der Waals surface area contributed by atoms with Crippen LogP contribution in [0.3, 0.4) is 0 Å². The third kappa shape index (κ3) is 4.65. The van der Waals surface area contributed by atoms with Crippen LogP contribution < -0.4 is 10.1 Å². The second-order valence-electron chi connectivity index (χ2n) is 5.27. The Morgan fingerprint density at radius 3 is 2.33 bits per heavy atom. The number of hydrogen-bond donors (Lipinski definition) is 2. The molecule has 2 aromatic carbocycles. The molecule has 128 valence electrons. The lowest BCUT2D eigenvalue weighted by Crippen LogP contribution is -2.23. The zero-order valence-electron chi connectivity index (χ0n) is 13.0. The summed E-state index contributed by atoms with van der Waals surface area (Å²) >= 11 is 0. The van der Waals surface area contributed by atoms with Crippen molar-refractivity contribution in [3.8, 4) is 22.6 Å². The van der Waals surface area contributed by atoms with Crippen LogP contribution in [-0.4, -0.2) is 17.4 Å². The number of carbonyl (C=O) groups excluding carboxylic acids is 1. The molecule has 0 aliphatic carbocycles. The second kappa shape index (κ2) is 6.82. The Morgan fingerprint density at radius 1 is 1.17 bits per heavy atom. The van der Waals surface area contributed by atoms with E-state index in [1.54, 1.807) is 24.3 Å². The topological polar surface area (TPSA) is 58.6 Å². The van der Waals surface area contributed by atoms with Gasteiger partial charge in [-0.1, -0.05) is 24.3 Å². The van der Waals surface area contributed by atoms with E-state index < -0.39 is 12.1 Å². The van der Waals surface area contributed by atoms with Crippen molar-refractivity contribution in [1.29, 1.82) is 0 Å². The van der Waals surface area contributed by atoms with Crippen molar-refractivity contribution in [2.24, 2.45) is 0 Å². The molecular weight excluding hydrogens is 323 g/mol. The monoisotopic (exact) mass is 339 g/mol.